The number of nitrogens with one attached hydrogen (secondary N) is 2. The van der Waals surface area contributed by atoms with Crippen LogP contribution < -0.4 is 14.9 Å². The molecule has 1 aliphatic heterocycles. The van der Waals surface area contributed by atoms with Crippen molar-refractivity contribution in [2.45, 2.75) is 13.3 Å². The Balaban J connectivity index is 2.02. The van der Waals surface area contributed by atoms with Crippen molar-refractivity contribution in [1.29, 1.82) is 0 Å². The molecule has 3 N–H and O–H groups in total. The van der Waals surface area contributed by atoms with Crippen LogP contribution in [-0.2, 0) is 14.8 Å². The number of hydrogen-bond donors (Lipinski definition) is 3. The fourth-order valence-electron chi connectivity index (χ4n) is 2.88. The highest BCUT2D eigenvalue weighted by Gasteiger charge is 2.21. The van der Waals surface area contributed by atoms with Gasteiger partial charge in [0.05, 0.1) is 24.1 Å². The third kappa shape index (κ3) is 6.40. The summed E-state index contributed by atoms with van der Waals surface area (Å²) >= 11 is 0. The summed E-state index contributed by atoms with van der Waals surface area (Å²) in [6, 6.07) is 4.63. The molecule has 9 nitrogen and oxygen atoms in total. The molecule has 0 saturated carbocycles. The SMILES string of the molecule is CCCNC(=O)CN1CCN(c2ccc(NS(C)(=O)=O)c(C(=O)O)c2)CC1. The van der Waals surface area contributed by atoms with Gasteiger partial charge in [-0.05, 0) is 24.6 Å². The summed E-state index contributed by atoms with van der Waals surface area (Å²) < 4.78 is 25.0. The van der Waals surface area contributed by atoms with E-state index in [0.717, 1.165) is 12.7 Å². The molecule has 10 heteroatoms. The van der Waals surface area contributed by atoms with Crippen LogP contribution in [0.15, 0.2) is 18.2 Å². The Bertz CT molecular complexity index is 789. The van der Waals surface area contributed by atoms with Crippen LogP contribution in [-0.4, -0.2) is 75.8 Å². The summed E-state index contributed by atoms with van der Waals surface area (Å²) in [7, 11) is -3.57. The van der Waals surface area contributed by atoms with Crippen molar-refractivity contribution in [2.75, 3.05) is 55.1 Å². The first-order valence-electron chi connectivity index (χ1n) is 8.78. The van der Waals surface area contributed by atoms with E-state index in [2.05, 4.69) is 14.9 Å². The zero-order valence-corrected chi connectivity index (χ0v) is 16.4. The van der Waals surface area contributed by atoms with E-state index < -0.39 is 16.0 Å². The van der Waals surface area contributed by atoms with E-state index in [1.54, 1.807) is 6.07 Å². The molecule has 1 aromatic rings. The normalized spacial score (nSPS) is 15.4. The number of rotatable bonds is 8. The lowest BCUT2D eigenvalue weighted by Gasteiger charge is -2.36. The molecule has 0 unspecified atom stereocenters. The van der Waals surface area contributed by atoms with Crippen LogP contribution in [0, 0.1) is 0 Å². The number of piperazine rings is 1. The maximum atomic E-state index is 11.8. The van der Waals surface area contributed by atoms with Crippen LogP contribution in [0.1, 0.15) is 23.7 Å². The van der Waals surface area contributed by atoms with E-state index in [1.807, 2.05) is 11.8 Å². The van der Waals surface area contributed by atoms with Crippen LogP contribution in [0.4, 0.5) is 11.4 Å². The summed E-state index contributed by atoms with van der Waals surface area (Å²) in [4.78, 5) is 27.4. The molecule has 1 saturated heterocycles. The Morgan fingerprint density at radius 1 is 1.19 bits per heavy atom. The number of amides is 1. The molecular weight excluding hydrogens is 372 g/mol. The lowest BCUT2D eigenvalue weighted by atomic mass is 10.1. The maximum Gasteiger partial charge on any atom is 0.337 e. The third-order valence-electron chi connectivity index (χ3n) is 4.21. The topological polar surface area (TPSA) is 119 Å². The number of sulfonamides is 1. The lowest BCUT2D eigenvalue weighted by Crippen LogP contribution is -2.49. The van der Waals surface area contributed by atoms with E-state index in [-0.39, 0.29) is 17.2 Å². The molecule has 1 aromatic carbocycles. The van der Waals surface area contributed by atoms with Crippen LogP contribution in [0.2, 0.25) is 0 Å². The van der Waals surface area contributed by atoms with Gasteiger partial charge in [0.1, 0.15) is 0 Å². The molecule has 1 aliphatic rings. The quantitative estimate of drug-likeness (QED) is 0.580. The van der Waals surface area contributed by atoms with Gasteiger partial charge in [-0.15, -0.1) is 0 Å². The predicted molar refractivity (Wildman–Crippen MR) is 104 cm³/mol. The first kappa shape index (κ1) is 21.0. The van der Waals surface area contributed by atoms with Gasteiger partial charge in [0.2, 0.25) is 15.9 Å². The van der Waals surface area contributed by atoms with Gasteiger partial charge >= 0.3 is 5.97 Å². The molecule has 0 aliphatic carbocycles. The van der Waals surface area contributed by atoms with Gasteiger partial charge in [-0.25, -0.2) is 13.2 Å². The van der Waals surface area contributed by atoms with Gasteiger partial charge in [-0.1, -0.05) is 6.92 Å². The number of aromatic carboxylic acids is 1. The molecule has 1 heterocycles. The van der Waals surface area contributed by atoms with Crippen molar-refractivity contribution in [3.63, 3.8) is 0 Å². The lowest BCUT2D eigenvalue weighted by molar-refractivity contribution is -0.122. The van der Waals surface area contributed by atoms with Crippen molar-refractivity contribution in [2.24, 2.45) is 0 Å². The van der Waals surface area contributed by atoms with Crippen molar-refractivity contribution >= 4 is 33.3 Å². The molecule has 0 bridgehead atoms. The first-order chi connectivity index (χ1) is 12.7. The Labute approximate surface area is 159 Å². The number of carbonyl (C=O) groups excluding carboxylic acids is 1. The average molecular weight is 398 g/mol. The van der Waals surface area contributed by atoms with Crippen molar-refractivity contribution in [3.05, 3.63) is 23.8 Å². The van der Waals surface area contributed by atoms with Gasteiger partial charge in [-0.3, -0.25) is 14.4 Å². The average Bonchev–Trinajstić information content (AvgIpc) is 2.59. The second kappa shape index (κ2) is 9.05. The first-order valence-corrected chi connectivity index (χ1v) is 10.7. The number of carboxylic acid groups (broad SMARTS) is 1. The van der Waals surface area contributed by atoms with Crippen LogP contribution >= 0.6 is 0 Å². The van der Waals surface area contributed by atoms with Gasteiger partial charge in [0, 0.05) is 38.4 Å². The largest absolute Gasteiger partial charge is 0.478 e. The molecular formula is C17H26N4O5S. The van der Waals surface area contributed by atoms with E-state index in [1.165, 1.54) is 12.1 Å². The van der Waals surface area contributed by atoms with Crippen LogP contribution in [0.5, 0.6) is 0 Å². The van der Waals surface area contributed by atoms with E-state index in [4.69, 9.17) is 0 Å². The summed E-state index contributed by atoms with van der Waals surface area (Å²) in [6.45, 7) is 5.70. The predicted octanol–water partition coefficient (Wildman–Crippen LogP) is 0.405. The minimum atomic E-state index is -3.57. The highest BCUT2D eigenvalue weighted by molar-refractivity contribution is 7.92. The second-order valence-electron chi connectivity index (χ2n) is 6.52. The zero-order valence-electron chi connectivity index (χ0n) is 15.6. The monoisotopic (exact) mass is 398 g/mol. The van der Waals surface area contributed by atoms with E-state index in [9.17, 15) is 23.1 Å². The van der Waals surface area contributed by atoms with Gasteiger partial charge in [-0.2, -0.15) is 0 Å². The fraction of sp³-hybridized carbons (Fsp3) is 0.529. The maximum absolute atomic E-state index is 11.8. The minimum absolute atomic E-state index is 0.00895. The molecule has 0 spiro atoms. The van der Waals surface area contributed by atoms with Crippen molar-refractivity contribution in [3.8, 4) is 0 Å². The Hall–Kier alpha value is -2.33. The van der Waals surface area contributed by atoms with Crippen LogP contribution in [0.3, 0.4) is 0 Å². The Morgan fingerprint density at radius 2 is 1.85 bits per heavy atom. The minimum Gasteiger partial charge on any atom is -0.478 e. The number of carboxylic acids is 1. The number of carbonyl (C=O) groups is 2. The van der Waals surface area contributed by atoms with Gasteiger partial charge in [0.25, 0.3) is 0 Å². The molecule has 0 atom stereocenters. The standard InChI is InChI=1S/C17H26N4O5S/c1-3-6-18-16(22)12-20-7-9-21(10-8-20)13-4-5-15(19-27(2,25)26)14(11-13)17(23)24/h4-5,11,19H,3,6-10,12H2,1-2H3,(H,18,22)(H,23,24). The second-order valence-corrected chi connectivity index (χ2v) is 8.27. The van der Waals surface area contributed by atoms with Gasteiger partial charge in [0.15, 0.2) is 0 Å². The molecule has 1 fully saturated rings. The number of anilines is 2. The Morgan fingerprint density at radius 3 is 2.41 bits per heavy atom. The number of hydrogen-bond acceptors (Lipinski definition) is 6. The molecule has 1 amide bonds. The highest BCUT2D eigenvalue weighted by Crippen LogP contribution is 2.25. The van der Waals surface area contributed by atoms with Crippen LogP contribution in [0.25, 0.3) is 0 Å². The molecule has 2 rings (SSSR count). The summed E-state index contributed by atoms with van der Waals surface area (Å²) in [6.07, 6.45) is 1.87. The Kier molecular flexibility index (Phi) is 7.03. The molecule has 0 aromatic heterocycles. The third-order valence-corrected chi connectivity index (χ3v) is 4.80. The van der Waals surface area contributed by atoms with Crippen molar-refractivity contribution < 1.29 is 23.1 Å². The van der Waals surface area contributed by atoms with E-state index >= 15 is 0 Å². The summed E-state index contributed by atoms with van der Waals surface area (Å²) in [5.74, 6) is -1.19. The number of benzene rings is 1. The summed E-state index contributed by atoms with van der Waals surface area (Å²) in [5, 5.41) is 12.2. The zero-order chi connectivity index (χ0) is 20.0. The van der Waals surface area contributed by atoms with E-state index in [0.29, 0.717) is 45.0 Å². The molecule has 0 radical (unpaired) electrons. The summed E-state index contributed by atoms with van der Waals surface area (Å²) in [5.41, 5.74) is 0.654. The smallest absolute Gasteiger partial charge is 0.337 e. The van der Waals surface area contributed by atoms with Gasteiger partial charge < -0.3 is 15.3 Å². The fourth-order valence-corrected chi connectivity index (χ4v) is 3.46. The highest BCUT2D eigenvalue weighted by atomic mass is 32.2. The molecule has 27 heavy (non-hydrogen) atoms. The number of nitrogens with zero attached hydrogens (tertiary/aromatic N) is 2. The molecule has 150 valence electrons. The van der Waals surface area contributed by atoms with Crippen molar-refractivity contribution in [1.82, 2.24) is 10.2 Å².